The van der Waals surface area contributed by atoms with Crippen LogP contribution in [0.5, 0.6) is 0 Å². The number of carbonyl (C=O) groups is 1. The van der Waals surface area contributed by atoms with Crippen LogP contribution < -0.4 is 0 Å². The van der Waals surface area contributed by atoms with Crippen LogP contribution in [-0.2, 0) is 27.7 Å². The van der Waals surface area contributed by atoms with Crippen LogP contribution in [0.4, 0.5) is 0 Å². The minimum Gasteiger partial charge on any atom is -0.343 e. The van der Waals surface area contributed by atoms with Gasteiger partial charge in [-0.25, -0.2) is 13.4 Å². The Bertz CT molecular complexity index is 814. The van der Waals surface area contributed by atoms with Gasteiger partial charge in [0.15, 0.2) is 0 Å². The molecule has 8 heteroatoms. The molecule has 1 unspecified atom stereocenters. The Balaban J connectivity index is 1.73. The molecule has 2 heterocycles. The molecule has 1 atom stereocenters. The van der Waals surface area contributed by atoms with Gasteiger partial charge in [0, 0.05) is 39.1 Å². The predicted molar refractivity (Wildman–Crippen MR) is 118 cm³/mol. The minimum absolute atomic E-state index is 0.241. The second kappa shape index (κ2) is 10.3. The van der Waals surface area contributed by atoms with Crippen molar-refractivity contribution < 1.29 is 13.2 Å². The summed E-state index contributed by atoms with van der Waals surface area (Å²) in [5.41, 5.74) is 0.956. The Kier molecular flexibility index (Phi) is 7.96. The fourth-order valence-corrected chi connectivity index (χ4v) is 6.86. The van der Waals surface area contributed by atoms with Crippen molar-refractivity contribution in [3.8, 4) is 0 Å². The molecule has 1 aliphatic heterocycles. The largest absolute Gasteiger partial charge is 0.343 e. The lowest BCUT2D eigenvalue weighted by Gasteiger charge is -2.24. The van der Waals surface area contributed by atoms with E-state index in [1.165, 1.54) is 0 Å². The number of unbranched alkanes of at least 4 members (excludes halogenated alkanes) is 1. The molecule has 1 saturated carbocycles. The molecule has 7 nitrogen and oxygen atoms in total. The van der Waals surface area contributed by atoms with Crippen LogP contribution >= 0.6 is 0 Å². The molecular weight excluding hydrogens is 400 g/mol. The van der Waals surface area contributed by atoms with Crippen LogP contribution in [0.2, 0.25) is 0 Å². The van der Waals surface area contributed by atoms with E-state index in [1.54, 1.807) is 6.20 Å². The molecule has 170 valence electrons. The average Bonchev–Trinajstić information content (AvgIpc) is 3.29. The third kappa shape index (κ3) is 5.25. The average molecular weight is 439 g/mol. The van der Waals surface area contributed by atoms with E-state index in [9.17, 15) is 13.2 Å². The number of hydrogen-bond donors (Lipinski definition) is 0. The second-order valence-corrected chi connectivity index (χ2v) is 11.2. The van der Waals surface area contributed by atoms with Gasteiger partial charge in [-0.3, -0.25) is 4.79 Å². The number of nitrogens with zero attached hydrogens (tertiary/aromatic N) is 4. The maximum atomic E-state index is 13.3. The number of hydrogen-bond acceptors (Lipinski definition) is 5. The van der Waals surface area contributed by atoms with Crippen molar-refractivity contribution >= 4 is 15.7 Å². The van der Waals surface area contributed by atoms with E-state index in [1.807, 2.05) is 23.4 Å². The zero-order chi connectivity index (χ0) is 21.7. The van der Waals surface area contributed by atoms with Crippen molar-refractivity contribution in [1.82, 2.24) is 19.4 Å². The van der Waals surface area contributed by atoms with Gasteiger partial charge in [0.1, 0.15) is 0 Å². The highest BCUT2D eigenvalue weighted by atomic mass is 32.2. The van der Waals surface area contributed by atoms with Gasteiger partial charge in [-0.1, -0.05) is 32.6 Å². The topological polar surface area (TPSA) is 75.5 Å². The van der Waals surface area contributed by atoms with Gasteiger partial charge >= 0.3 is 0 Å². The van der Waals surface area contributed by atoms with E-state index < -0.39 is 9.84 Å². The molecule has 1 aliphatic carbocycles. The van der Waals surface area contributed by atoms with E-state index >= 15 is 0 Å². The van der Waals surface area contributed by atoms with E-state index in [2.05, 4.69) is 16.8 Å². The summed E-state index contributed by atoms with van der Waals surface area (Å²) in [6.45, 7) is 7.88. The van der Waals surface area contributed by atoms with Gasteiger partial charge in [0.2, 0.25) is 20.9 Å². The standard InChI is InChI=1S/C22H38N4O3S/c1-4-6-12-26-19(17-24(3)15-18-13-21(27)25(5-2)16-18)14-23-22(26)30(28,29)20-10-8-7-9-11-20/h14,18,20H,4-13,15-17H2,1-3H3. The molecule has 0 bridgehead atoms. The molecular formula is C22H38N4O3S. The summed E-state index contributed by atoms with van der Waals surface area (Å²) < 4.78 is 28.6. The van der Waals surface area contributed by atoms with E-state index in [-0.39, 0.29) is 16.3 Å². The van der Waals surface area contributed by atoms with Crippen LogP contribution in [0.3, 0.4) is 0 Å². The molecule has 0 radical (unpaired) electrons. The fraction of sp³-hybridized carbons (Fsp3) is 0.818. The van der Waals surface area contributed by atoms with Crippen molar-refractivity contribution in [2.45, 2.75) is 88.7 Å². The van der Waals surface area contributed by atoms with Gasteiger partial charge in [-0.2, -0.15) is 0 Å². The molecule has 0 N–H and O–H groups in total. The first-order chi connectivity index (χ1) is 14.4. The van der Waals surface area contributed by atoms with E-state index in [0.717, 1.165) is 70.3 Å². The Morgan fingerprint density at radius 1 is 1.20 bits per heavy atom. The van der Waals surface area contributed by atoms with E-state index in [4.69, 9.17) is 0 Å². The van der Waals surface area contributed by atoms with Crippen molar-refractivity contribution in [2.75, 3.05) is 26.7 Å². The molecule has 1 aromatic heterocycles. The lowest BCUT2D eigenvalue weighted by atomic mass is 10.0. The third-order valence-corrected chi connectivity index (χ3v) is 8.74. The maximum absolute atomic E-state index is 13.3. The zero-order valence-electron chi connectivity index (χ0n) is 18.8. The first-order valence-corrected chi connectivity index (χ1v) is 13.2. The summed E-state index contributed by atoms with van der Waals surface area (Å²) in [5, 5.41) is -0.0245. The number of carbonyl (C=O) groups excluding carboxylic acids is 1. The van der Waals surface area contributed by atoms with Crippen LogP contribution in [0.15, 0.2) is 11.4 Å². The molecule has 1 saturated heterocycles. The van der Waals surface area contributed by atoms with Gasteiger partial charge in [0.05, 0.1) is 17.1 Å². The highest BCUT2D eigenvalue weighted by molar-refractivity contribution is 7.91. The fourth-order valence-electron chi connectivity index (χ4n) is 4.89. The second-order valence-electron chi connectivity index (χ2n) is 9.04. The smallest absolute Gasteiger partial charge is 0.228 e. The lowest BCUT2D eigenvalue weighted by Crippen LogP contribution is -2.30. The number of aromatic nitrogens is 2. The number of rotatable bonds is 10. The monoisotopic (exact) mass is 438 g/mol. The zero-order valence-corrected chi connectivity index (χ0v) is 19.7. The lowest BCUT2D eigenvalue weighted by molar-refractivity contribution is -0.127. The Morgan fingerprint density at radius 3 is 2.57 bits per heavy atom. The SMILES string of the molecule is CCCCn1c(CN(C)CC2CC(=O)N(CC)C2)cnc1S(=O)(=O)C1CCCCC1. The maximum Gasteiger partial charge on any atom is 0.228 e. The van der Waals surface area contributed by atoms with Crippen LogP contribution in [0, 0.1) is 5.92 Å². The molecule has 0 aromatic carbocycles. The summed E-state index contributed by atoms with van der Waals surface area (Å²) in [5.74, 6) is 0.574. The summed E-state index contributed by atoms with van der Waals surface area (Å²) in [7, 11) is -1.35. The van der Waals surface area contributed by atoms with Crippen LogP contribution in [0.25, 0.3) is 0 Å². The van der Waals surface area contributed by atoms with E-state index in [0.29, 0.717) is 25.4 Å². The van der Waals surface area contributed by atoms with Gasteiger partial charge in [-0.05, 0) is 39.2 Å². The highest BCUT2D eigenvalue weighted by Crippen LogP contribution is 2.29. The Labute approximate surface area is 181 Å². The Hall–Kier alpha value is -1.41. The number of amides is 1. The molecule has 3 rings (SSSR count). The van der Waals surface area contributed by atoms with Gasteiger partial charge in [-0.15, -0.1) is 0 Å². The van der Waals surface area contributed by atoms with Crippen LogP contribution in [-0.4, -0.2) is 65.6 Å². The van der Waals surface area contributed by atoms with Crippen LogP contribution in [0.1, 0.15) is 70.9 Å². The number of imidazole rings is 1. The summed E-state index contributed by atoms with van der Waals surface area (Å²) in [6.07, 6.45) is 8.91. The first-order valence-electron chi connectivity index (χ1n) is 11.6. The molecule has 30 heavy (non-hydrogen) atoms. The number of likely N-dealkylation sites (tertiary alicyclic amines) is 1. The predicted octanol–water partition coefficient (Wildman–Crippen LogP) is 3.09. The summed E-state index contributed by atoms with van der Waals surface area (Å²) >= 11 is 0. The molecule has 2 aliphatic rings. The van der Waals surface area contributed by atoms with Crippen molar-refractivity contribution in [3.05, 3.63) is 11.9 Å². The summed E-state index contributed by atoms with van der Waals surface area (Å²) in [6, 6.07) is 0. The highest BCUT2D eigenvalue weighted by Gasteiger charge is 2.34. The number of sulfone groups is 1. The Morgan fingerprint density at radius 2 is 1.93 bits per heavy atom. The van der Waals surface area contributed by atoms with Crippen molar-refractivity contribution in [3.63, 3.8) is 0 Å². The van der Waals surface area contributed by atoms with Crippen molar-refractivity contribution in [1.29, 1.82) is 0 Å². The summed E-state index contributed by atoms with van der Waals surface area (Å²) in [4.78, 5) is 20.6. The van der Waals surface area contributed by atoms with Gasteiger partial charge < -0.3 is 14.4 Å². The quantitative estimate of drug-likeness (QED) is 0.561. The molecule has 1 aromatic rings. The normalized spacial score (nSPS) is 21.1. The molecule has 0 spiro atoms. The molecule has 1 amide bonds. The van der Waals surface area contributed by atoms with Crippen molar-refractivity contribution in [2.24, 2.45) is 5.92 Å². The molecule has 2 fully saturated rings. The third-order valence-electron chi connectivity index (χ3n) is 6.56. The minimum atomic E-state index is -3.40. The van der Waals surface area contributed by atoms with Gasteiger partial charge in [0.25, 0.3) is 0 Å². The first kappa shape index (κ1) is 23.3.